The number of nitrogens with zero attached hydrogens (tertiary/aromatic N) is 7. The quantitative estimate of drug-likeness (QED) is 0.722. The fraction of sp³-hybridized carbons (Fsp3) is 0.368. The molecule has 134 valence electrons. The summed E-state index contributed by atoms with van der Waals surface area (Å²) < 4.78 is 1.85. The number of piperazine rings is 1. The summed E-state index contributed by atoms with van der Waals surface area (Å²) in [7, 11) is 1.95. The van der Waals surface area contributed by atoms with Gasteiger partial charge in [-0.15, -0.1) is 0 Å². The summed E-state index contributed by atoms with van der Waals surface area (Å²) in [6.07, 6.45) is 5.77. The lowest BCUT2D eigenvalue weighted by atomic mass is 10.2. The maximum absolute atomic E-state index is 4.85. The van der Waals surface area contributed by atoms with Crippen molar-refractivity contribution in [1.29, 1.82) is 0 Å². The summed E-state index contributed by atoms with van der Waals surface area (Å²) >= 11 is 0. The number of rotatable bonds is 3. The molecule has 7 heteroatoms. The van der Waals surface area contributed by atoms with E-state index in [2.05, 4.69) is 38.0 Å². The minimum atomic E-state index is 0.693. The highest BCUT2D eigenvalue weighted by Gasteiger charge is 2.22. The third-order valence-corrected chi connectivity index (χ3v) is 4.89. The summed E-state index contributed by atoms with van der Waals surface area (Å²) in [5, 5.41) is 4.27. The van der Waals surface area contributed by atoms with Gasteiger partial charge in [-0.3, -0.25) is 9.67 Å². The van der Waals surface area contributed by atoms with Crippen molar-refractivity contribution in [3.05, 3.63) is 48.0 Å². The lowest BCUT2D eigenvalue weighted by Gasteiger charge is -2.36. The number of aryl methyl sites for hydroxylation is 2. The number of hydrogen-bond donors (Lipinski definition) is 0. The first-order valence-electron chi connectivity index (χ1n) is 8.87. The van der Waals surface area contributed by atoms with Crippen LogP contribution in [-0.4, -0.2) is 50.9 Å². The van der Waals surface area contributed by atoms with Crippen molar-refractivity contribution in [2.75, 3.05) is 36.0 Å². The van der Waals surface area contributed by atoms with Crippen molar-refractivity contribution >= 4 is 11.5 Å². The predicted molar refractivity (Wildman–Crippen MR) is 102 cm³/mol. The van der Waals surface area contributed by atoms with E-state index in [9.17, 15) is 0 Å². The van der Waals surface area contributed by atoms with Gasteiger partial charge in [-0.25, -0.2) is 9.97 Å². The highest BCUT2D eigenvalue weighted by Crippen LogP contribution is 2.25. The van der Waals surface area contributed by atoms with Gasteiger partial charge in [0.05, 0.1) is 11.9 Å². The normalized spacial score (nSPS) is 14.7. The summed E-state index contributed by atoms with van der Waals surface area (Å²) in [4.78, 5) is 18.6. The van der Waals surface area contributed by atoms with E-state index in [4.69, 9.17) is 4.98 Å². The van der Waals surface area contributed by atoms with Crippen molar-refractivity contribution in [3.63, 3.8) is 0 Å². The van der Waals surface area contributed by atoms with Gasteiger partial charge in [0.15, 0.2) is 5.82 Å². The molecule has 0 amide bonds. The van der Waals surface area contributed by atoms with Gasteiger partial charge >= 0.3 is 0 Å². The Bertz CT molecular complexity index is 896. The molecule has 1 saturated heterocycles. The molecule has 26 heavy (non-hydrogen) atoms. The second-order valence-electron chi connectivity index (χ2n) is 6.64. The molecule has 1 fully saturated rings. The molecular weight excluding hydrogens is 326 g/mol. The Balaban J connectivity index is 1.57. The molecule has 4 heterocycles. The molecule has 0 N–H and O–H groups in total. The molecule has 0 atom stereocenters. The number of aromatic nitrogens is 5. The molecule has 3 aromatic heterocycles. The molecule has 0 aliphatic carbocycles. The second kappa shape index (κ2) is 6.74. The molecule has 0 radical (unpaired) electrons. The second-order valence-corrected chi connectivity index (χ2v) is 6.64. The summed E-state index contributed by atoms with van der Waals surface area (Å²) in [6, 6.07) is 5.82. The summed E-state index contributed by atoms with van der Waals surface area (Å²) in [5.74, 6) is 1.71. The Morgan fingerprint density at radius 1 is 0.962 bits per heavy atom. The van der Waals surface area contributed by atoms with Crippen LogP contribution >= 0.6 is 0 Å². The fourth-order valence-electron chi connectivity index (χ4n) is 3.28. The summed E-state index contributed by atoms with van der Waals surface area (Å²) in [6.45, 7) is 7.89. The number of pyridine rings is 1. The van der Waals surface area contributed by atoms with Gasteiger partial charge in [-0.1, -0.05) is 6.07 Å². The molecule has 0 bridgehead atoms. The highest BCUT2D eigenvalue weighted by atomic mass is 15.3. The van der Waals surface area contributed by atoms with Crippen LogP contribution in [0, 0.1) is 13.8 Å². The van der Waals surface area contributed by atoms with Crippen LogP contribution in [0.3, 0.4) is 0 Å². The molecule has 1 aliphatic rings. The van der Waals surface area contributed by atoms with Crippen LogP contribution in [0.25, 0.3) is 11.5 Å². The highest BCUT2D eigenvalue weighted by molar-refractivity contribution is 5.58. The first-order valence-corrected chi connectivity index (χ1v) is 8.87. The van der Waals surface area contributed by atoms with Gasteiger partial charge in [-0.2, -0.15) is 5.10 Å². The SMILES string of the molecule is Cc1nc(-c2ccccn2)nc(N2CCN(c3cnn(C)c3)CC2)c1C. The Kier molecular flexibility index (Phi) is 4.28. The van der Waals surface area contributed by atoms with Crippen LogP contribution in [0.4, 0.5) is 11.5 Å². The third kappa shape index (κ3) is 3.12. The van der Waals surface area contributed by atoms with E-state index in [0.29, 0.717) is 5.82 Å². The van der Waals surface area contributed by atoms with Crippen molar-refractivity contribution in [3.8, 4) is 11.5 Å². The molecule has 3 aromatic rings. The van der Waals surface area contributed by atoms with E-state index < -0.39 is 0 Å². The maximum atomic E-state index is 4.85. The molecule has 0 aromatic carbocycles. The Morgan fingerprint density at radius 3 is 2.38 bits per heavy atom. The zero-order chi connectivity index (χ0) is 18.1. The average Bonchev–Trinajstić information content (AvgIpc) is 3.11. The first-order chi connectivity index (χ1) is 12.6. The number of hydrogen-bond acceptors (Lipinski definition) is 6. The summed E-state index contributed by atoms with van der Waals surface area (Å²) in [5.41, 5.74) is 4.13. The average molecular weight is 349 g/mol. The molecule has 0 spiro atoms. The minimum absolute atomic E-state index is 0.693. The molecule has 7 nitrogen and oxygen atoms in total. The van der Waals surface area contributed by atoms with Gasteiger partial charge in [0.2, 0.25) is 0 Å². The first kappa shape index (κ1) is 16.5. The van der Waals surface area contributed by atoms with Crippen LogP contribution in [0.5, 0.6) is 0 Å². The molecular formula is C19H23N7. The predicted octanol–water partition coefficient (Wildman–Crippen LogP) is 2.22. The van der Waals surface area contributed by atoms with Crippen LogP contribution in [0.1, 0.15) is 11.3 Å². The minimum Gasteiger partial charge on any atom is -0.365 e. The zero-order valence-electron chi connectivity index (χ0n) is 15.4. The van der Waals surface area contributed by atoms with E-state index in [1.165, 1.54) is 5.69 Å². The van der Waals surface area contributed by atoms with Gasteiger partial charge in [0, 0.05) is 56.9 Å². The zero-order valence-corrected chi connectivity index (χ0v) is 15.4. The van der Waals surface area contributed by atoms with Crippen LogP contribution in [0.2, 0.25) is 0 Å². The van der Waals surface area contributed by atoms with Crippen LogP contribution in [0.15, 0.2) is 36.8 Å². The van der Waals surface area contributed by atoms with Gasteiger partial charge in [-0.05, 0) is 26.0 Å². The lowest BCUT2D eigenvalue weighted by Crippen LogP contribution is -2.47. The smallest absolute Gasteiger partial charge is 0.180 e. The number of anilines is 2. The molecule has 1 aliphatic heterocycles. The van der Waals surface area contributed by atoms with Crippen molar-refractivity contribution in [2.45, 2.75) is 13.8 Å². The van der Waals surface area contributed by atoms with Crippen molar-refractivity contribution < 1.29 is 0 Å². The van der Waals surface area contributed by atoms with E-state index in [1.54, 1.807) is 6.20 Å². The van der Waals surface area contributed by atoms with E-state index in [0.717, 1.165) is 48.9 Å². The van der Waals surface area contributed by atoms with Gasteiger partial charge in [0.1, 0.15) is 11.5 Å². The monoisotopic (exact) mass is 349 g/mol. The standard InChI is InChI=1S/C19H23N7/c1-14-15(2)22-18(17-6-4-5-7-20-17)23-19(14)26-10-8-25(9-11-26)16-12-21-24(3)13-16/h4-7,12-13H,8-11H2,1-3H3. The lowest BCUT2D eigenvalue weighted by molar-refractivity contribution is 0.644. The Hall–Kier alpha value is -2.96. The van der Waals surface area contributed by atoms with Crippen LogP contribution in [-0.2, 0) is 7.05 Å². The Morgan fingerprint density at radius 2 is 1.73 bits per heavy atom. The van der Waals surface area contributed by atoms with Gasteiger partial charge in [0.25, 0.3) is 0 Å². The van der Waals surface area contributed by atoms with Crippen molar-refractivity contribution in [2.24, 2.45) is 7.05 Å². The fourth-order valence-corrected chi connectivity index (χ4v) is 3.28. The largest absolute Gasteiger partial charge is 0.365 e. The molecule has 0 unspecified atom stereocenters. The Labute approximate surface area is 153 Å². The topological polar surface area (TPSA) is 63.0 Å². The van der Waals surface area contributed by atoms with E-state index in [-0.39, 0.29) is 0 Å². The van der Waals surface area contributed by atoms with Crippen LogP contribution < -0.4 is 9.80 Å². The third-order valence-electron chi connectivity index (χ3n) is 4.89. The molecule has 4 rings (SSSR count). The maximum Gasteiger partial charge on any atom is 0.180 e. The molecule has 0 saturated carbocycles. The van der Waals surface area contributed by atoms with E-state index >= 15 is 0 Å². The van der Waals surface area contributed by atoms with E-state index in [1.807, 2.05) is 43.0 Å². The van der Waals surface area contributed by atoms with Gasteiger partial charge < -0.3 is 9.80 Å². The van der Waals surface area contributed by atoms with Crippen molar-refractivity contribution in [1.82, 2.24) is 24.7 Å².